The largest absolute Gasteiger partial charge is 0.489 e. The number of benzene rings is 1. The Kier molecular flexibility index (Phi) is 6.12. The minimum atomic E-state index is 0.163. The molecular weight excluding hydrogens is 394 g/mol. The summed E-state index contributed by atoms with van der Waals surface area (Å²) in [5.41, 5.74) is 2.48. The van der Waals surface area contributed by atoms with Crippen molar-refractivity contribution in [3.63, 3.8) is 0 Å². The Morgan fingerprint density at radius 2 is 2.23 bits per heavy atom. The molecule has 3 rings (SSSR count). The fourth-order valence-electron chi connectivity index (χ4n) is 3.04. The maximum Gasteiger partial charge on any atom is 0.146 e. The van der Waals surface area contributed by atoms with E-state index in [1.165, 1.54) is 0 Å². The molecule has 0 aliphatic carbocycles. The van der Waals surface area contributed by atoms with E-state index in [2.05, 4.69) is 27.0 Å². The van der Waals surface area contributed by atoms with Gasteiger partial charge in [-0.2, -0.15) is 5.26 Å². The molecule has 2 heterocycles. The molecule has 1 aliphatic heterocycles. The molecule has 0 saturated carbocycles. The second-order valence-corrected chi connectivity index (χ2v) is 7.32. The lowest BCUT2D eigenvalue weighted by molar-refractivity contribution is 0.0673. The molecule has 1 atom stereocenters. The van der Waals surface area contributed by atoms with Gasteiger partial charge in [-0.25, -0.2) is 4.98 Å². The monoisotopic (exact) mass is 415 g/mol. The molecule has 26 heavy (non-hydrogen) atoms. The first-order chi connectivity index (χ1) is 12.6. The maximum atomic E-state index is 9.37. The quantitative estimate of drug-likeness (QED) is 0.706. The van der Waals surface area contributed by atoms with Crippen LogP contribution in [0.1, 0.15) is 29.7 Å². The van der Waals surface area contributed by atoms with Crippen LogP contribution >= 0.6 is 15.9 Å². The van der Waals surface area contributed by atoms with Crippen LogP contribution in [0.5, 0.6) is 5.75 Å². The highest BCUT2D eigenvalue weighted by atomic mass is 79.9. The highest BCUT2D eigenvalue weighted by Crippen LogP contribution is 2.31. The van der Waals surface area contributed by atoms with Gasteiger partial charge in [-0.15, -0.1) is 0 Å². The van der Waals surface area contributed by atoms with Gasteiger partial charge >= 0.3 is 0 Å². The highest BCUT2D eigenvalue weighted by Gasteiger charge is 2.19. The Morgan fingerprint density at radius 3 is 2.96 bits per heavy atom. The number of anilines is 1. The molecule has 5 nitrogen and oxygen atoms in total. The summed E-state index contributed by atoms with van der Waals surface area (Å²) in [6.45, 7) is 3.88. The predicted molar refractivity (Wildman–Crippen MR) is 104 cm³/mol. The van der Waals surface area contributed by atoms with Crippen molar-refractivity contribution >= 4 is 21.7 Å². The number of nitrogens with zero attached hydrogens (tertiary/aromatic N) is 3. The SMILES string of the molecule is Cc1ccc(C#N)c(N(C)Cc2cccc(Br)c2OCC2CCCO2)n1. The molecule has 0 bridgehead atoms. The fraction of sp³-hybridized carbons (Fsp3) is 0.400. The number of para-hydroxylation sites is 1. The summed E-state index contributed by atoms with van der Waals surface area (Å²) in [5.74, 6) is 1.50. The van der Waals surface area contributed by atoms with Gasteiger partial charge in [0, 0.05) is 31.5 Å². The lowest BCUT2D eigenvalue weighted by Crippen LogP contribution is -2.21. The summed E-state index contributed by atoms with van der Waals surface area (Å²) in [6, 6.07) is 11.9. The standard InChI is InChI=1S/C20H22BrN3O2/c1-14-8-9-15(11-22)20(23-14)24(2)12-16-5-3-7-18(21)19(16)26-13-17-6-4-10-25-17/h3,5,7-9,17H,4,6,10,12-13H2,1-2H3. The van der Waals surface area contributed by atoms with Gasteiger partial charge in [-0.05, 0) is 53.9 Å². The van der Waals surface area contributed by atoms with E-state index in [1.807, 2.05) is 49.2 Å². The summed E-state index contributed by atoms with van der Waals surface area (Å²) in [6.07, 6.45) is 2.30. The molecule has 0 N–H and O–H groups in total. The Hall–Kier alpha value is -2.10. The third kappa shape index (κ3) is 4.35. The summed E-state index contributed by atoms with van der Waals surface area (Å²) in [4.78, 5) is 6.51. The van der Waals surface area contributed by atoms with Crippen LogP contribution in [0.25, 0.3) is 0 Å². The van der Waals surface area contributed by atoms with Crippen LogP contribution in [-0.4, -0.2) is 31.3 Å². The zero-order valence-corrected chi connectivity index (χ0v) is 16.6. The van der Waals surface area contributed by atoms with Crippen molar-refractivity contribution in [1.82, 2.24) is 4.98 Å². The summed E-state index contributed by atoms with van der Waals surface area (Å²) in [5, 5.41) is 9.37. The van der Waals surface area contributed by atoms with E-state index in [-0.39, 0.29) is 6.10 Å². The van der Waals surface area contributed by atoms with Gasteiger partial charge in [0.2, 0.25) is 0 Å². The van der Waals surface area contributed by atoms with E-state index in [1.54, 1.807) is 0 Å². The van der Waals surface area contributed by atoms with Gasteiger partial charge in [0.15, 0.2) is 0 Å². The minimum absolute atomic E-state index is 0.163. The van der Waals surface area contributed by atoms with E-state index in [9.17, 15) is 5.26 Å². The van der Waals surface area contributed by atoms with Gasteiger partial charge in [0.1, 0.15) is 24.2 Å². The van der Waals surface area contributed by atoms with Gasteiger partial charge in [-0.3, -0.25) is 0 Å². The fourth-order valence-corrected chi connectivity index (χ4v) is 3.57. The van der Waals surface area contributed by atoms with Gasteiger partial charge < -0.3 is 14.4 Å². The zero-order chi connectivity index (χ0) is 18.5. The first-order valence-electron chi connectivity index (χ1n) is 8.69. The van der Waals surface area contributed by atoms with Crippen LogP contribution in [0.15, 0.2) is 34.8 Å². The van der Waals surface area contributed by atoms with E-state index in [0.29, 0.717) is 24.5 Å². The van der Waals surface area contributed by atoms with Crippen molar-refractivity contribution in [2.75, 3.05) is 25.2 Å². The zero-order valence-electron chi connectivity index (χ0n) is 15.0. The highest BCUT2D eigenvalue weighted by molar-refractivity contribution is 9.10. The maximum absolute atomic E-state index is 9.37. The van der Waals surface area contributed by atoms with Crippen LogP contribution in [0.2, 0.25) is 0 Å². The van der Waals surface area contributed by atoms with Crippen molar-refractivity contribution in [2.45, 2.75) is 32.4 Å². The Balaban J connectivity index is 1.80. The molecule has 136 valence electrons. The molecule has 1 aromatic carbocycles. The third-order valence-corrected chi connectivity index (χ3v) is 5.01. The van der Waals surface area contributed by atoms with Crippen molar-refractivity contribution < 1.29 is 9.47 Å². The normalized spacial score (nSPS) is 16.3. The molecule has 0 amide bonds. The molecule has 1 saturated heterocycles. The Bertz CT molecular complexity index is 813. The molecule has 1 aliphatic rings. The first kappa shape index (κ1) is 18.7. The van der Waals surface area contributed by atoms with Crippen LogP contribution in [-0.2, 0) is 11.3 Å². The van der Waals surface area contributed by atoms with E-state index in [0.717, 1.165) is 40.9 Å². The molecule has 2 aromatic rings. The number of halogens is 1. The number of ether oxygens (including phenoxy) is 2. The minimum Gasteiger partial charge on any atom is -0.489 e. The van der Waals surface area contributed by atoms with Crippen LogP contribution in [0.4, 0.5) is 5.82 Å². The summed E-state index contributed by atoms with van der Waals surface area (Å²) in [7, 11) is 1.94. The van der Waals surface area contributed by atoms with Crippen molar-refractivity contribution in [3.8, 4) is 11.8 Å². The molecule has 0 spiro atoms. The molecule has 0 radical (unpaired) electrons. The van der Waals surface area contributed by atoms with Crippen molar-refractivity contribution in [2.24, 2.45) is 0 Å². The summed E-state index contributed by atoms with van der Waals surface area (Å²) < 4.78 is 12.7. The molecule has 6 heteroatoms. The van der Waals surface area contributed by atoms with Crippen LogP contribution in [0, 0.1) is 18.3 Å². The van der Waals surface area contributed by atoms with E-state index in [4.69, 9.17) is 9.47 Å². The summed E-state index contributed by atoms with van der Waals surface area (Å²) >= 11 is 3.59. The average molecular weight is 416 g/mol. The Labute approximate surface area is 162 Å². The number of aromatic nitrogens is 1. The number of hydrogen-bond donors (Lipinski definition) is 0. The second-order valence-electron chi connectivity index (χ2n) is 6.47. The number of aryl methyl sites for hydroxylation is 1. The number of nitriles is 1. The van der Waals surface area contributed by atoms with Crippen molar-refractivity contribution in [3.05, 3.63) is 51.6 Å². The molecular formula is C20H22BrN3O2. The Morgan fingerprint density at radius 1 is 1.38 bits per heavy atom. The molecule has 1 fully saturated rings. The number of hydrogen-bond acceptors (Lipinski definition) is 5. The number of rotatable bonds is 6. The topological polar surface area (TPSA) is 58.4 Å². The third-order valence-electron chi connectivity index (χ3n) is 4.39. The van der Waals surface area contributed by atoms with Crippen LogP contribution in [0.3, 0.4) is 0 Å². The van der Waals surface area contributed by atoms with E-state index >= 15 is 0 Å². The van der Waals surface area contributed by atoms with Gasteiger partial charge in [0.25, 0.3) is 0 Å². The lowest BCUT2D eigenvalue weighted by atomic mass is 10.1. The number of pyridine rings is 1. The van der Waals surface area contributed by atoms with Gasteiger partial charge in [0.05, 0.1) is 16.1 Å². The predicted octanol–water partition coefficient (Wildman–Crippen LogP) is 4.22. The van der Waals surface area contributed by atoms with E-state index < -0.39 is 0 Å². The van der Waals surface area contributed by atoms with Gasteiger partial charge in [-0.1, -0.05) is 12.1 Å². The van der Waals surface area contributed by atoms with Crippen molar-refractivity contribution in [1.29, 1.82) is 5.26 Å². The van der Waals surface area contributed by atoms with Crippen LogP contribution < -0.4 is 9.64 Å². The average Bonchev–Trinajstić information content (AvgIpc) is 3.14. The smallest absolute Gasteiger partial charge is 0.146 e. The first-order valence-corrected chi connectivity index (χ1v) is 9.48. The lowest BCUT2D eigenvalue weighted by Gasteiger charge is -2.22. The molecule has 1 aromatic heterocycles. The second kappa shape index (κ2) is 8.52. The molecule has 1 unspecified atom stereocenters.